The van der Waals surface area contributed by atoms with Gasteiger partial charge in [0, 0.05) is 31.5 Å². The molecular weight excluding hydrogens is 454 g/mol. The highest BCUT2D eigenvalue weighted by molar-refractivity contribution is 7.11. The topological polar surface area (TPSA) is 118 Å². The van der Waals surface area contributed by atoms with E-state index in [1.807, 2.05) is 18.2 Å². The molecule has 1 aliphatic rings. The molecule has 4 rings (SSSR count). The summed E-state index contributed by atoms with van der Waals surface area (Å²) in [5, 5.41) is 5.67. The van der Waals surface area contributed by atoms with Gasteiger partial charge in [0.2, 0.25) is 5.91 Å². The van der Waals surface area contributed by atoms with Crippen LogP contribution in [0.15, 0.2) is 36.1 Å². The maximum atomic E-state index is 12.5. The van der Waals surface area contributed by atoms with Gasteiger partial charge in [-0.2, -0.15) is 0 Å². The lowest BCUT2D eigenvalue weighted by molar-refractivity contribution is -0.120. The number of ether oxygens (including phenoxy) is 2. The molecule has 0 radical (unpaired) electrons. The lowest BCUT2D eigenvalue weighted by atomic mass is 9.99. The van der Waals surface area contributed by atoms with Gasteiger partial charge in [-0.05, 0) is 25.0 Å². The summed E-state index contributed by atoms with van der Waals surface area (Å²) in [5.74, 6) is 2.17. The summed E-state index contributed by atoms with van der Waals surface area (Å²) in [7, 11) is 1.65. The van der Waals surface area contributed by atoms with E-state index in [1.165, 1.54) is 11.3 Å². The zero-order chi connectivity index (χ0) is 23.8. The van der Waals surface area contributed by atoms with Gasteiger partial charge in [-0.25, -0.2) is 4.98 Å². The van der Waals surface area contributed by atoms with Crippen LogP contribution in [0.1, 0.15) is 53.5 Å². The molecule has 3 aromatic rings. The number of thiazole rings is 1. The van der Waals surface area contributed by atoms with Crippen molar-refractivity contribution in [3.63, 3.8) is 0 Å². The SMILES string of the molecule is CNC(=O)CCCCCC(CNC(=O)c1cncs1)c1ncc(-c2cccc3c2OCCO3)[nH]1. The van der Waals surface area contributed by atoms with E-state index in [4.69, 9.17) is 9.47 Å². The predicted octanol–water partition coefficient (Wildman–Crippen LogP) is 3.51. The smallest absolute Gasteiger partial charge is 0.263 e. The van der Waals surface area contributed by atoms with Crippen molar-refractivity contribution in [3.05, 3.63) is 46.8 Å². The van der Waals surface area contributed by atoms with Crippen LogP contribution in [0.5, 0.6) is 11.5 Å². The molecule has 2 amide bonds. The molecule has 9 nitrogen and oxygen atoms in total. The molecule has 1 atom stereocenters. The molecule has 0 spiro atoms. The van der Waals surface area contributed by atoms with Gasteiger partial charge in [-0.1, -0.05) is 18.9 Å². The number of aromatic amines is 1. The van der Waals surface area contributed by atoms with Gasteiger partial charge < -0.3 is 25.1 Å². The molecule has 180 valence electrons. The molecule has 1 aromatic carbocycles. The van der Waals surface area contributed by atoms with Crippen LogP contribution in [0.2, 0.25) is 0 Å². The Morgan fingerprint density at radius 3 is 2.88 bits per heavy atom. The fourth-order valence-electron chi connectivity index (χ4n) is 3.91. The molecule has 34 heavy (non-hydrogen) atoms. The van der Waals surface area contributed by atoms with Crippen LogP contribution in [-0.2, 0) is 4.79 Å². The van der Waals surface area contributed by atoms with Crippen molar-refractivity contribution in [2.45, 2.75) is 38.0 Å². The van der Waals surface area contributed by atoms with Gasteiger partial charge in [0.1, 0.15) is 23.9 Å². The Bertz CT molecular complexity index is 1100. The minimum Gasteiger partial charge on any atom is -0.486 e. The number of H-pyrrole nitrogens is 1. The molecule has 1 unspecified atom stereocenters. The van der Waals surface area contributed by atoms with Crippen molar-refractivity contribution in [2.75, 3.05) is 26.8 Å². The van der Waals surface area contributed by atoms with Crippen molar-refractivity contribution in [2.24, 2.45) is 0 Å². The Morgan fingerprint density at radius 1 is 1.18 bits per heavy atom. The number of para-hydroxylation sites is 1. The zero-order valence-corrected chi connectivity index (χ0v) is 20.0. The number of benzene rings is 1. The standard InChI is InChI=1S/C24H29N5O4S/c1-25-21(30)9-4-2-3-6-16(12-28-24(31)20-14-26-15-34-20)23-27-13-18(29-23)17-7-5-8-19-22(17)33-11-10-32-19/h5,7-8,13-16H,2-4,6,9-12H2,1H3,(H,25,30)(H,27,29)(H,28,31). The fraction of sp³-hybridized carbons (Fsp3) is 0.417. The molecule has 3 heterocycles. The van der Waals surface area contributed by atoms with E-state index >= 15 is 0 Å². The van der Waals surface area contributed by atoms with Crippen molar-refractivity contribution in [3.8, 4) is 22.8 Å². The van der Waals surface area contributed by atoms with Crippen molar-refractivity contribution >= 4 is 23.2 Å². The van der Waals surface area contributed by atoms with E-state index in [9.17, 15) is 9.59 Å². The third-order valence-corrected chi connectivity index (χ3v) is 6.51. The highest BCUT2D eigenvalue weighted by Crippen LogP contribution is 2.39. The monoisotopic (exact) mass is 483 g/mol. The first-order chi connectivity index (χ1) is 16.7. The van der Waals surface area contributed by atoms with E-state index in [2.05, 4.69) is 25.6 Å². The number of fused-ring (bicyclic) bond motifs is 1. The molecule has 0 bridgehead atoms. The molecular formula is C24H29N5O4S. The number of nitrogens with one attached hydrogen (secondary N) is 3. The van der Waals surface area contributed by atoms with Gasteiger partial charge in [0.25, 0.3) is 5.91 Å². The molecule has 1 aliphatic heterocycles. The maximum absolute atomic E-state index is 12.5. The number of unbranched alkanes of at least 4 members (excludes halogenated alkanes) is 2. The summed E-state index contributed by atoms with van der Waals surface area (Å²) in [6.07, 6.45) is 7.40. The predicted molar refractivity (Wildman–Crippen MR) is 129 cm³/mol. The van der Waals surface area contributed by atoms with Gasteiger partial charge in [0.15, 0.2) is 11.5 Å². The van der Waals surface area contributed by atoms with Crippen LogP contribution in [0.4, 0.5) is 0 Å². The van der Waals surface area contributed by atoms with Gasteiger partial charge in [-0.15, -0.1) is 11.3 Å². The van der Waals surface area contributed by atoms with Crippen LogP contribution >= 0.6 is 11.3 Å². The second-order valence-electron chi connectivity index (χ2n) is 8.06. The van der Waals surface area contributed by atoms with Gasteiger partial charge in [-0.3, -0.25) is 14.6 Å². The fourth-order valence-corrected chi connectivity index (χ4v) is 4.45. The Morgan fingerprint density at radius 2 is 2.06 bits per heavy atom. The summed E-state index contributed by atoms with van der Waals surface area (Å²) >= 11 is 1.31. The highest BCUT2D eigenvalue weighted by atomic mass is 32.1. The summed E-state index contributed by atoms with van der Waals surface area (Å²) in [6, 6.07) is 5.80. The second-order valence-corrected chi connectivity index (χ2v) is 8.94. The summed E-state index contributed by atoms with van der Waals surface area (Å²) in [5.41, 5.74) is 3.38. The first-order valence-electron chi connectivity index (χ1n) is 11.5. The molecule has 0 fully saturated rings. The number of imidazole rings is 1. The highest BCUT2D eigenvalue weighted by Gasteiger charge is 2.21. The molecule has 3 N–H and O–H groups in total. The lowest BCUT2D eigenvalue weighted by Crippen LogP contribution is -2.28. The van der Waals surface area contributed by atoms with Crippen LogP contribution in [-0.4, -0.2) is 53.6 Å². The number of carbonyl (C=O) groups excluding carboxylic acids is 2. The number of nitrogens with zero attached hydrogens (tertiary/aromatic N) is 2. The first-order valence-corrected chi connectivity index (χ1v) is 12.3. The number of hydrogen-bond acceptors (Lipinski definition) is 7. The van der Waals surface area contributed by atoms with E-state index in [0.717, 1.165) is 48.5 Å². The molecule has 0 aliphatic carbocycles. The normalized spacial score (nSPS) is 13.3. The van der Waals surface area contributed by atoms with E-state index in [1.54, 1.807) is 25.0 Å². The van der Waals surface area contributed by atoms with Crippen LogP contribution < -0.4 is 20.1 Å². The van der Waals surface area contributed by atoms with Crippen LogP contribution in [0, 0.1) is 0 Å². The lowest BCUT2D eigenvalue weighted by Gasteiger charge is -2.20. The number of rotatable bonds is 11. The third-order valence-electron chi connectivity index (χ3n) is 5.74. The average molecular weight is 484 g/mol. The third kappa shape index (κ3) is 5.93. The first kappa shape index (κ1) is 23.7. The van der Waals surface area contributed by atoms with Crippen molar-refractivity contribution in [1.82, 2.24) is 25.6 Å². The summed E-state index contributed by atoms with van der Waals surface area (Å²) in [6.45, 7) is 1.49. The van der Waals surface area contributed by atoms with Crippen molar-refractivity contribution in [1.29, 1.82) is 0 Å². The van der Waals surface area contributed by atoms with E-state index in [0.29, 0.717) is 36.8 Å². The number of carbonyl (C=O) groups is 2. The maximum Gasteiger partial charge on any atom is 0.263 e. The van der Waals surface area contributed by atoms with Crippen LogP contribution in [0.25, 0.3) is 11.3 Å². The van der Waals surface area contributed by atoms with Crippen LogP contribution in [0.3, 0.4) is 0 Å². The zero-order valence-electron chi connectivity index (χ0n) is 19.1. The number of amides is 2. The molecule has 2 aromatic heterocycles. The molecule has 0 saturated carbocycles. The summed E-state index contributed by atoms with van der Waals surface area (Å²) < 4.78 is 11.6. The van der Waals surface area contributed by atoms with E-state index < -0.39 is 0 Å². The minimum atomic E-state index is -0.137. The molecule has 0 saturated heterocycles. The number of hydrogen-bond donors (Lipinski definition) is 3. The number of aromatic nitrogens is 3. The van der Waals surface area contributed by atoms with E-state index in [-0.39, 0.29) is 17.7 Å². The largest absolute Gasteiger partial charge is 0.486 e. The van der Waals surface area contributed by atoms with Crippen molar-refractivity contribution < 1.29 is 19.1 Å². The second kappa shape index (κ2) is 11.6. The average Bonchev–Trinajstić information content (AvgIpc) is 3.58. The Labute approximate surface area is 202 Å². The Kier molecular flexibility index (Phi) is 8.13. The Balaban J connectivity index is 1.45. The minimum absolute atomic E-state index is 0.00216. The van der Waals surface area contributed by atoms with Gasteiger partial charge >= 0.3 is 0 Å². The molecule has 10 heteroatoms. The quantitative estimate of drug-likeness (QED) is 0.359. The van der Waals surface area contributed by atoms with Gasteiger partial charge in [0.05, 0.1) is 23.6 Å². The summed E-state index contributed by atoms with van der Waals surface area (Å²) in [4.78, 5) is 36.6. The Hall–Kier alpha value is -3.40.